The topological polar surface area (TPSA) is 73.9 Å². The van der Waals surface area contributed by atoms with E-state index in [9.17, 15) is 4.79 Å². The van der Waals surface area contributed by atoms with Gasteiger partial charge in [0.15, 0.2) is 5.82 Å². The van der Waals surface area contributed by atoms with E-state index < -0.39 is 0 Å². The first-order valence-electron chi connectivity index (χ1n) is 9.08. The summed E-state index contributed by atoms with van der Waals surface area (Å²) in [5.41, 5.74) is 0.986. The standard InChI is InChI=1S/C19H27N5O/c1-13-9-10-14(2)24(13)15(3)19(25)20-12-11-17-21-18(23-22-17)16-7-5-4-6-8-16/h4-8,13-15H,9-12H2,1-3H3,(H,20,25)(H,21,22,23). The number of carbonyl (C=O) groups excluding carboxylic acids is 1. The highest BCUT2D eigenvalue weighted by atomic mass is 16.2. The van der Waals surface area contributed by atoms with E-state index in [4.69, 9.17) is 0 Å². The van der Waals surface area contributed by atoms with Gasteiger partial charge in [0, 0.05) is 30.6 Å². The van der Waals surface area contributed by atoms with Crippen LogP contribution < -0.4 is 5.32 Å². The van der Waals surface area contributed by atoms with Crippen LogP contribution in [0.3, 0.4) is 0 Å². The fourth-order valence-electron chi connectivity index (χ4n) is 3.69. The van der Waals surface area contributed by atoms with E-state index in [1.807, 2.05) is 37.3 Å². The van der Waals surface area contributed by atoms with Gasteiger partial charge in [-0.05, 0) is 33.6 Å². The number of aromatic nitrogens is 3. The predicted octanol–water partition coefficient (Wildman–Crippen LogP) is 2.39. The summed E-state index contributed by atoms with van der Waals surface area (Å²) in [6.45, 7) is 6.96. The van der Waals surface area contributed by atoms with Crippen molar-refractivity contribution in [1.82, 2.24) is 25.4 Å². The van der Waals surface area contributed by atoms with Crippen LogP contribution >= 0.6 is 0 Å². The smallest absolute Gasteiger partial charge is 0.237 e. The summed E-state index contributed by atoms with van der Waals surface area (Å²) in [4.78, 5) is 19.3. The molecule has 0 bridgehead atoms. The zero-order valence-corrected chi connectivity index (χ0v) is 15.2. The van der Waals surface area contributed by atoms with Crippen LogP contribution in [0.15, 0.2) is 30.3 Å². The molecule has 0 saturated carbocycles. The number of hydrogen-bond acceptors (Lipinski definition) is 4. The monoisotopic (exact) mass is 341 g/mol. The van der Waals surface area contributed by atoms with Gasteiger partial charge in [0.05, 0.1) is 6.04 Å². The Balaban J connectivity index is 1.50. The second-order valence-corrected chi connectivity index (χ2v) is 6.91. The maximum absolute atomic E-state index is 12.4. The Morgan fingerprint density at radius 2 is 1.96 bits per heavy atom. The van der Waals surface area contributed by atoms with Crippen LogP contribution in [0.2, 0.25) is 0 Å². The number of hydrogen-bond donors (Lipinski definition) is 2. The molecule has 0 aliphatic carbocycles. The maximum atomic E-state index is 12.4. The lowest BCUT2D eigenvalue weighted by Crippen LogP contribution is -2.49. The van der Waals surface area contributed by atoms with E-state index in [0.29, 0.717) is 30.9 Å². The average Bonchev–Trinajstić information content (AvgIpc) is 3.22. The molecular weight excluding hydrogens is 314 g/mol. The maximum Gasteiger partial charge on any atom is 0.237 e. The number of carbonyl (C=O) groups is 1. The lowest BCUT2D eigenvalue weighted by molar-refractivity contribution is -0.126. The minimum absolute atomic E-state index is 0.0865. The zero-order valence-electron chi connectivity index (χ0n) is 15.2. The number of nitrogens with one attached hydrogen (secondary N) is 2. The van der Waals surface area contributed by atoms with Crippen molar-refractivity contribution >= 4 is 5.91 Å². The summed E-state index contributed by atoms with van der Waals surface area (Å²) in [6.07, 6.45) is 2.97. The van der Waals surface area contributed by atoms with Crippen LogP contribution in [0.1, 0.15) is 39.4 Å². The molecule has 1 aliphatic rings. The molecule has 1 aromatic heterocycles. The highest BCUT2D eigenvalue weighted by Crippen LogP contribution is 2.25. The second-order valence-electron chi connectivity index (χ2n) is 6.91. The van der Waals surface area contributed by atoms with E-state index in [2.05, 4.69) is 39.2 Å². The Labute approximate surface area is 149 Å². The summed E-state index contributed by atoms with van der Waals surface area (Å²) in [5.74, 6) is 1.56. The molecule has 0 radical (unpaired) electrons. The molecule has 3 atom stereocenters. The van der Waals surface area contributed by atoms with Gasteiger partial charge in [-0.15, -0.1) is 0 Å². The first-order chi connectivity index (χ1) is 12.1. The number of likely N-dealkylation sites (tertiary alicyclic amines) is 1. The fourth-order valence-corrected chi connectivity index (χ4v) is 3.69. The van der Waals surface area contributed by atoms with Crippen molar-refractivity contribution in [1.29, 1.82) is 0 Å². The zero-order chi connectivity index (χ0) is 17.8. The van der Waals surface area contributed by atoms with Gasteiger partial charge in [-0.25, -0.2) is 4.98 Å². The summed E-state index contributed by atoms with van der Waals surface area (Å²) in [7, 11) is 0. The van der Waals surface area contributed by atoms with Crippen molar-refractivity contribution in [2.45, 2.75) is 58.2 Å². The molecule has 6 heteroatoms. The van der Waals surface area contributed by atoms with Gasteiger partial charge in [-0.2, -0.15) is 5.10 Å². The fraction of sp³-hybridized carbons (Fsp3) is 0.526. The van der Waals surface area contributed by atoms with Crippen LogP contribution in [-0.2, 0) is 11.2 Å². The van der Waals surface area contributed by atoms with E-state index >= 15 is 0 Å². The molecule has 2 aromatic rings. The van der Waals surface area contributed by atoms with Crippen LogP contribution in [0, 0.1) is 0 Å². The molecule has 1 fully saturated rings. The first kappa shape index (κ1) is 17.6. The molecular formula is C19H27N5O. The van der Waals surface area contributed by atoms with Gasteiger partial charge >= 0.3 is 0 Å². The Bertz CT molecular complexity index is 689. The number of benzene rings is 1. The van der Waals surface area contributed by atoms with E-state index in [0.717, 1.165) is 11.4 Å². The predicted molar refractivity (Wildman–Crippen MR) is 98.0 cm³/mol. The van der Waals surface area contributed by atoms with Crippen molar-refractivity contribution in [2.24, 2.45) is 0 Å². The van der Waals surface area contributed by atoms with Gasteiger partial charge in [0.2, 0.25) is 5.91 Å². The van der Waals surface area contributed by atoms with Crippen LogP contribution in [0.25, 0.3) is 11.4 Å². The summed E-state index contributed by atoms with van der Waals surface area (Å²) < 4.78 is 0. The van der Waals surface area contributed by atoms with Crippen molar-refractivity contribution in [3.05, 3.63) is 36.2 Å². The number of aromatic amines is 1. The molecule has 3 rings (SSSR count). The molecule has 0 spiro atoms. The Hall–Kier alpha value is -2.21. The Morgan fingerprint density at radius 3 is 2.64 bits per heavy atom. The summed E-state index contributed by atoms with van der Waals surface area (Å²) >= 11 is 0. The second kappa shape index (κ2) is 7.78. The van der Waals surface area contributed by atoms with E-state index in [-0.39, 0.29) is 11.9 Å². The van der Waals surface area contributed by atoms with Gasteiger partial charge in [0.1, 0.15) is 5.82 Å². The minimum Gasteiger partial charge on any atom is -0.354 e. The van der Waals surface area contributed by atoms with Crippen LogP contribution in [-0.4, -0.2) is 50.7 Å². The van der Waals surface area contributed by atoms with Gasteiger partial charge < -0.3 is 5.32 Å². The molecule has 6 nitrogen and oxygen atoms in total. The van der Waals surface area contributed by atoms with Gasteiger partial charge in [-0.3, -0.25) is 14.8 Å². The lowest BCUT2D eigenvalue weighted by Gasteiger charge is -2.31. The molecule has 1 aromatic carbocycles. The number of nitrogens with zero attached hydrogens (tertiary/aromatic N) is 3. The highest BCUT2D eigenvalue weighted by molar-refractivity contribution is 5.81. The average molecular weight is 341 g/mol. The third kappa shape index (κ3) is 4.07. The third-order valence-electron chi connectivity index (χ3n) is 5.07. The summed E-state index contributed by atoms with van der Waals surface area (Å²) in [5, 5.41) is 10.2. The van der Waals surface area contributed by atoms with Crippen molar-refractivity contribution in [3.8, 4) is 11.4 Å². The minimum atomic E-state index is -0.0953. The van der Waals surface area contributed by atoms with E-state index in [1.54, 1.807) is 0 Å². The normalized spacial score (nSPS) is 22.0. The highest BCUT2D eigenvalue weighted by Gasteiger charge is 2.34. The number of H-pyrrole nitrogens is 1. The quantitative estimate of drug-likeness (QED) is 0.846. The van der Waals surface area contributed by atoms with Gasteiger partial charge in [0.25, 0.3) is 0 Å². The van der Waals surface area contributed by atoms with E-state index in [1.165, 1.54) is 12.8 Å². The van der Waals surface area contributed by atoms with Crippen LogP contribution in [0.5, 0.6) is 0 Å². The molecule has 2 heterocycles. The van der Waals surface area contributed by atoms with Crippen molar-refractivity contribution < 1.29 is 4.79 Å². The molecule has 134 valence electrons. The largest absolute Gasteiger partial charge is 0.354 e. The lowest BCUT2D eigenvalue weighted by atomic mass is 10.2. The molecule has 1 aliphatic heterocycles. The molecule has 2 N–H and O–H groups in total. The van der Waals surface area contributed by atoms with Gasteiger partial charge in [-0.1, -0.05) is 30.3 Å². The summed E-state index contributed by atoms with van der Waals surface area (Å²) in [6, 6.07) is 10.7. The molecule has 1 saturated heterocycles. The molecule has 3 unspecified atom stereocenters. The van der Waals surface area contributed by atoms with Crippen LogP contribution in [0.4, 0.5) is 0 Å². The molecule has 1 amide bonds. The SMILES string of the molecule is CC1CCC(C)N1C(C)C(=O)NCCc1nc(-c2ccccc2)n[nH]1. The Kier molecular flexibility index (Phi) is 5.48. The number of amides is 1. The first-order valence-corrected chi connectivity index (χ1v) is 9.08. The number of rotatable bonds is 6. The van der Waals surface area contributed by atoms with Crippen molar-refractivity contribution in [3.63, 3.8) is 0 Å². The molecule has 25 heavy (non-hydrogen) atoms. The van der Waals surface area contributed by atoms with Crippen molar-refractivity contribution in [2.75, 3.05) is 6.54 Å². The Morgan fingerprint density at radius 1 is 1.28 bits per heavy atom. The third-order valence-corrected chi connectivity index (χ3v) is 5.07.